The molecule has 5 atom stereocenters. The molecule has 0 amide bonds. The molecule has 338 valence electrons. The largest absolute Gasteiger partial charge is 0.456 e. The molecule has 1 spiro atoms. The van der Waals surface area contributed by atoms with Gasteiger partial charge in [-0.2, -0.15) is 0 Å². The van der Waals surface area contributed by atoms with Crippen LogP contribution in [0.5, 0.6) is 11.5 Å². The van der Waals surface area contributed by atoms with Crippen molar-refractivity contribution in [2.24, 2.45) is 23.7 Å². The van der Waals surface area contributed by atoms with Gasteiger partial charge in [0, 0.05) is 38.8 Å². The number of benzene rings is 8. The Labute approximate surface area is 410 Å². The summed E-state index contributed by atoms with van der Waals surface area (Å²) >= 11 is 0. The molecule has 9 aromatic rings. The van der Waals surface area contributed by atoms with Crippen LogP contribution < -0.4 is 4.74 Å². The number of nitrogens with zero attached hydrogens (tertiary/aromatic N) is 3. The van der Waals surface area contributed by atoms with Gasteiger partial charge in [0.25, 0.3) is 0 Å². The number of fused-ring (bicyclic) bond motifs is 13. The lowest BCUT2D eigenvalue weighted by atomic mass is 9.63. The van der Waals surface area contributed by atoms with Crippen LogP contribution >= 0.6 is 0 Å². The summed E-state index contributed by atoms with van der Waals surface area (Å²) in [5, 5.41) is 0. The van der Waals surface area contributed by atoms with E-state index in [0.29, 0.717) is 17.5 Å². The SMILES string of the molecule is C[C@H]1CC2CC3CC(c4ccc(-c5nc(-c6ccc7c(c6)C(C)(C)c6ccccc6-7)nc(-c6ccccc6-c6cccc7c6Oc6ccccc6C76c7ccccc7-c7ccccc76)n5)cc4)(CC23)C1. The van der Waals surface area contributed by atoms with E-state index >= 15 is 0 Å². The third-order valence-electron chi connectivity index (χ3n) is 18.1. The molecular formula is C66H53N3O. The summed E-state index contributed by atoms with van der Waals surface area (Å²) in [6.07, 6.45) is 6.82. The van der Waals surface area contributed by atoms with E-state index in [0.717, 1.165) is 74.1 Å². The minimum atomic E-state index is -0.572. The average molecular weight is 904 g/mol. The maximum atomic E-state index is 7.20. The normalized spacial score (nSPS) is 22.9. The minimum Gasteiger partial charge on any atom is -0.456 e. The molecule has 15 rings (SSSR count). The molecule has 2 bridgehead atoms. The van der Waals surface area contributed by atoms with Crippen LogP contribution in [0.3, 0.4) is 0 Å². The molecular weight excluding hydrogens is 851 g/mol. The Balaban J connectivity index is 0.909. The molecule has 4 unspecified atom stereocenters. The summed E-state index contributed by atoms with van der Waals surface area (Å²) in [6, 6.07) is 66.8. The first-order chi connectivity index (χ1) is 34.3. The lowest BCUT2D eigenvalue weighted by molar-refractivity contribution is 0.0780. The standard InChI is InChI=1S/C66H53N3O/c1-39-33-42-34-43-37-65(36-39,38-52(42)43)44-30-27-40(28-31-44)61-67-62(41-29-32-49-46-16-6-9-21-53(46)64(2,3)58(49)35-41)69-63(68-61)51-19-5-4-15-45(51)50-20-14-25-57-60(50)70-59-26-13-12-24-56(59)66(57)54-22-10-7-17-47(54)48-18-8-11-23-55(48)66/h4-32,35,39,42-43,52H,33-34,36-38H2,1-3H3/t39-,42?,43?,52?,65?/m0/s1. The zero-order valence-corrected chi connectivity index (χ0v) is 39.9. The Kier molecular flexibility index (Phi) is 8.41. The van der Waals surface area contributed by atoms with E-state index in [9.17, 15) is 0 Å². The maximum absolute atomic E-state index is 7.20. The summed E-state index contributed by atoms with van der Waals surface area (Å²) < 4.78 is 7.20. The van der Waals surface area contributed by atoms with Gasteiger partial charge >= 0.3 is 0 Å². The fraction of sp³-hybridized carbons (Fsp3) is 0.227. The van der Waals surface area contributed by atoms with Gasteiger partial charge in [0.2, 0.25) is 0 Å². The molecule has 5 aliphatic carbocycles. The monoisotopic (exact) mass is 903 g/mol. The molecule has 1 aliphatic heterocycles. The van der Waals surface area contributed by atoms with Gasteiger partial charge in [-0.05, 0) is 129 Å². The highest BCUT2D eigenvalue weighted by atomic mass is 16.5. The lowest BCUT2D eigenvalue weighted by Gasteiger charge is -2.42. The van der Waals surface area contributed by atoms with Crippen molar-refractivity contribution in [3.63, 3.8) is 0 Å². The molecule has 1 aromatic heterocycles. The van der Waals surface area contributed by atoms with Crippen molar-refractivity contribution >= 4 is 0 Å². The summed E-state index contributed by atoms with van der Waals surface area (Å²) in [6.45, 7) is 7.17. The van der Waals surface area contributed by atoms with Crippen molar-refractivity contribution in [1.82, 2.24) is 15.0 Å². The third kappa shape index (κ3) is 5.51. The Morgan fingerprint density at radius 3 is 1.73 bits per heavy atom. The zero-order chi connectivity index (χ0) is 46.5. The highest BCUT2D eigenvalue weighted by Gasteiger charge is 2.57. The van der Waals surface area contributed by atoms with E-state index < -0.39 is 5.41 Å². The second-order valence-electron chi connectivity index (χ2n) is 22.1. The first kappa shape index (κ1) is 40.5. The Bertz CT molecular complexity index is 3610. The van der Waals surface area contributed by atoms with Crippen LogP contribution in [-0.4, -0.2) is 15.0 Å². The molecule has 8 aromatic carbocycles. The predicted molar refractivity (Wildman–Crippen MR) is 281 cm³/mol. The summed E-state index contributed by atoms with van der Waals surface area (Å²) in [7, 11) is 0. The van der Waals surface area contributed by atoms with Crippen molar-refractivity contribution in [3.8, 4) is 79.0 Å². The third-order valence-corrected chi connectivity index (χ3v) is 18.1. The van der Waals surface area contributed by atoms with Crippen molar-refractivity contribution < 1.29 is 4.74 Å². The zero-order valence-electron chi connectivity index (χ0n) is 39.9. The van der Waals surface area contributed by atoms with Crippen molar-refractivity contribution in [2.45, 2.75) is 69.1 Å². The van der Waals surface area contributed by atoms with Gasteiger partial charge in [-0.25, -0.2) is 15.0 Å². The molecule has 4 heteroatoms. The Morgan fingerprint density at radius 2 is 0.986 bits per heavy atom. The average Bonchev–Trinajstić information content (AvgIpc) is 3.92. The van der Waals surface area contributed by atoms with E-state index in [-0.39, 0.29) is 10.8 Å². The van der Waals surface area contributed by atoms with Crippen molar-refractivity contribution in [1.29, 1.82) is 0 Å². The predicted octanol–water partition coefficient (Wildman–Crippen LogP) is 16.0. The van der Waals surface area contributed by atoms with Gasteiger partial charge < -0.3 is 4.74 Å². The highest BCUT2D eigenvalue weighted by molar-refractivity contribution is 5.92. The molecule has 3 fully saturated rings. The van der Waals surface area contributed by atoms with Crippen LogP contribution in [0.25, 0.3) is 67.5 Å². The number of hydrogen-bond donors (Lipinski definition) is 0. The van der Waals surface area contributed by atoms with E-state index in [1.165, 1.54) is 82.2 Å². The molecule has 3 saturated carbocycles. The molecule has 2 heterocycles. The van der Waals surface area contributed by atoms with Gasteiger partial charge in [0.1, 0.15) is 11.5 Å². The molecule has 0 saturated heterocycles. The Hall–Kier alpha value is -7.43. The van der Waals surface area contributed by atoms with E-state index in [1.807, 2.05) is 0 Å². The number of aromatic nitrogens is 3. The van der Waals surface area contributed by atoms with Gasteiger partial charge in [-0.1, -0.05) is 191 Å². The molecule has 4 nitrogen and oxygen atoms in total. The van der Waals surface area contributed by atoms with Crippen molar-refractivity contribution in [3.05, 3.63) is 221 Å². The first-order valence-electron chi connectivity index (χ1n) is 25.6. The second-order valence-corrected chi connectivity index (χ2v) is 22.1. The minimum absolute atomic E-state index is 0.166. The van der Waals surface area contributed by atoms with Gasteiger partial charge in [-0.3, -0.25) is 0 Å². The van der Waals surface area contributed by atoms with Gasteiger partial charge in [0.05, 0.1) is 5.41 Å². The highest BCUT2D eigenvalue weighted by Crippen LogP contribution is 2.66. The lowest BCUT2D eigenvalue weighted by Crippen LogP contribution is -2.34. The number of hydrogen-bond acceptors (Lipinski definition) is 4. The van der Waals surface area contributed by atoms with Crippen LogP contribution in [-0.2, 0) is 16.2 Å². The second kappa shape index (κ2) is 14.6. The van der Waals surface area contributed by atoms with E-state index in [1.54, 1.807) is 0 Å². The number of para-hydroxylation sites is 2. The maximum Gasteiger partial charge on any atom is 0.164 e. The fourth-order valence-electron chi connectivity index (χ4n) is 15.2. The summed E-state index contributed by atoms with van der Waals surface area (Å²) in [4.78, 5) is 16.3. The number of ether oxygens (including phenoxy) is 1. The van der Waals surface area contributed by atoms with E-state index in [4.69, 9.17) is 19.7 Å². The molecule has 6 aliphatic rings. The van der Waals surface area contributed by atoms with Crippen LogP contribution in [0.2, 0.25) is 0 Å². The summed E-state index contributed by atoms with van der Waals surface area (Å²) in [5.74, 6) is 7.22. The molecule has 70 heavy (non-hydrogen) atoms. The fourth-order valence-corrected chi connectivity index (χ4v) is 15.2. The van der Waals surface area contributed by atoms with Crippen LogP contribution in [0.15, 0.2) is 182 Å². The topological polar surface area (TPSA) is 47.9 Å². The van der Waals surface area contributed by atoms with Gasteiger partial charge in [0.15, 0.2) is 17.5 Å². The van der Waals surface area contributed by atoms with Gasteiger partial charge in [-0.15, -0.1) is 0 Å². The smallest absolute Gasteiger partial charge is 0.164 e. The van der Waals surface area contributed by atoms with Crippen LogP contribution in [0.4, 0.5) is 0 Å². The molecule has 0 radical (unpaired) electrons. The number of rotatable bonds is 5. The van der Waals surface area contributed by atoms with Crippen LogP contribution in [0.1, 0.15) is 91.8 Å². The van der Waals surface area contributed by atoms with E-state index in [2.05, 4.69) is 203 Å². The molecule has 0 N–H and O–H groups in total. The van der Waals surface area contributed by atoms with Crippen molar-refractivity contribution in [2.75, 3.05) is 0 Å². The first-order valence-corrected chi connectivity index (χ1v) is 25.6. The van der Waals surface area contributed by atoms with Crippen LogP contribution in [0, 0.1) is 23.7 Å². The quantitative estimate of drug-likeness (QED) is 0.173. The Morgan fingerprint density at radius 1 is 0.429 bits per heavy atom. The summed E-state index contributed by atoms with van der Waals surface area (Å²) in [5.41, 5.74) is 18.5.